The molecule has 2 heterocycles. The normalized spacial score (nSPS) is 11.0. The number of aromatic amines is 1. The molecule has 31 heavy (non-hydrogen) atoms. The van der Waals surface area contributed by atoms with Gasteiger partial charge in [0.05, 0.1) is 11.1 Å². The third-order valence-electron chi connectivity index (χ3n) is 4.84. The number of fused-ring (bicyclic) bond motifs is 1. The molecule has 4 aromatic rings. The SMILES string of the molecule is Cc1[nH]c2c(C(=O)O)cccc2c1-c1nc(NCc2cccc(F)c2)nc(N(C)C)n1. The molecule has 0 aliphatic heterocycles. The molecule has 0 spiro atoms. The Balaban J connectivity index is 1.79. The molecule has 0 aliphatic rings. The number of anilines is 2. The van der Waals surface area contributed by atoms with Gasteiger partial charge in [0.25, 0.3) is 0 Å². The van der Waals surface area contributed by atoms with Crippen molar-refractivity contribution in [2.75, 3.05) is 24.3 Å². The molecule has 0 unspecified atom stereocenters. The van der Waals surface area contributed by atoms with Gasteiger partial charge in [-0.2, -0.15) is 15.0 Å². The molecule has 0 amide bonds. The van der Waals surface area contributed by atoms with E-state index in [1.807, 2.05) is 33.2 Å². The van der Waals surface area contributed by atoms with Crippen LogP contribution in [0.3, 0.4) is 0 Å². The molecular weight excluding hydrogens is 399 g/mol. The molecular formula is C22H21FN6O2. The van der Waals surface area contributed by atoms with Gasteiger partial charge in [0.2, 0.25) is 11.9 Å². The zero-order valence-electron chi connectivity index (χ0n) is 17.3. The topological polar surface area (TPSA) is 107 Å². The first-order chi connectivity index (χ1) is 14.8. The summed E-state index contributed by atoms with van der Waals surface area (Å²) < 4.78 is 13.5. The molecule has 0 fully saturated rings. The maximum absolute atomic E-state index is 13.5. The van der Waals surface area contributed by atoms with Crippen molar-refractivity contribution >= 4 is 28.8 Å². The highest BCUT2D eigenvalue weighted by Crippen LogP contribution is 2.32. The van der Waals surface area contributed by atoms with E-state index >= 15 is 0 Å². The van der Waals surface area contributed by atoms with Crippen LogP contribution in [0.2, 0.25) is 0 Å². The lowest BCUT2D eigenvalue weighted by Crippen LogP contribution is -2.16. The van der Waals surface area contributed by atoms with E-state index in [0.717, 1.165) is 11.3 Å². The third-order valence-corrected chi connectivity index (χ3v) is 4.84. The monoisotopic (exact) mass is 420 g/mol. The Kier molecular flexibility index (Phi) is 5.24. The summed E-state index contributed by atoms with van der Waals surface area (Å²) >= 11 is 0. The van der Waals surface area contributed by atoms with Gasteiger partial charge in [-0.25, -0.2) is 9.18 Å². The number of aromatic carboxylic acids is 1. The molecule has 3 N–H and O–H groups in total. The molecule has 2 aromatic carbocycles. The number of carboxylic acids is 1. The van der Waals surface area contributed by atoms with Crippen LogP contribution in [0, 0.1) is 12.7 Å². The molecule has 0 saturated carbocycles. The fraction of sp³-hybridized carbons (Fsp3) is 0.182. The average Bonchev–Trinajstić information content (AvgIpc) is 3.07. The maximum atomic E-state index is 13.5. The second-order valence-corrected chi connectivity index (χ2v) is 7.32. The summed E-state index contributed by atoms with van der Waals surface area (Å²) in [5.74, 6) is -0.142. The number of hydrogen-bond acceptors (Lipinski definition) is 6. The van der Waals surface area contributed by atoms with E-state index < -0.39 is 5.97 Å². The minimum Gasteiger partial charge on any atom is -0.478 e. The average molecular weight is 420 g/mol. The summed E-state index contributed by atoms with van der Waals surface area (Å²) in [6, 6.07) is 11.4. The van der Waals surface area contributed by atoms with Crippen LogP contribution in [0.4, 0.5) is 16.3 Å². The van der Waals surface area contributed by atoms with Crippen LogP contribution in [0.5, 0.6) is 0 Å². The highest BCUT2D eigenvalue weighted by atomic mass is 19.1. The van der Waals surface area contributed by atoms with E-state index in [4.69, 9.17) is 0 Å². The quantitative estimate of drug-likeness (QED) is 0.435. The van der Waals surface area contributed by atoms with Gasteiger partial charge in [-0.3, -0.25) is 0 Å². The van der Waals surface area contributed by atoms with Crippen LogP contribution in [0.1, 0.15) is 21.6 Å². The van der Waals surface area contributed by atoms with Gasteiger partial charge in [0.1, 0.15) is 5.82 Å². The van der Waals surface area contributed by atoms with Gasteiger partial charge < -0.3 is 20.3 Å². The number of rotatable bonds is 6. The molecule has 0 radical (unpaired) electrons. The Morgan fingerprint density at radius 3 is 2.65 bits per heavy atom. The molecule has 8 nitrogen and oxygen atoms in total. The van der Waals surface area contributed by atoms with Crippen LogP contribution < -0.4 is 10.2 Å². The fourth-order valence-electron chi connectivity index (χ4n) is 3.40. The number of benzene rings is 2. The molecule has 4 rings (SSSR count). The highest BCUT2D eigenvalue weighted by molar-refractivity contribution is 6.07. The van der Waals surface area contributed by atoms with Gasteiger partial charge in [0, 0.05) is 37.3 Å². The van der Waals surface area contributed by atoms with Crippen LogP contribution in [0.25, 0.3) is 22.3 Å². The van der Waals surface area contributed by atoms with E-state index in [0.29, 0.717) is 40.7 Å². The van der Waals surface area contributed by atoms with Crippen molar-refractivity contribution in [2.24, 2.45) is 0 Å². The van der Waals surface area contributed by atoms with E-state index in [1.165, 1.54) is 12.1 Å². The van der Waals surface area contributed by atoms with Crippen LogP contribution in [-0.4, -0.2) is 45.1 Å². The number of H-pyrrole nitrogens is 1. The fourth-order valence-corrected chi connectivity index (χ4v) is 3.40. The van der Waals surface area contributed by atoms with Gasteiger partial charge in [-0.1, -0.05) is 24.3 Å². The summed E-state index contributed by atoms with van der Waals surface area (Å²) in [6.07, 6.45) is 0. The number of nitrogens with zero attached hydrogens (tertiary/aromatic N) is 4. The van der Waals surface area contributed by atoms with Crippen LogP contribution in [-0.2, 0) is 6.54 Å². The van der Waals surface area contributed by atoms with Crippen LogP contribution >= 0.6 is 0 Å². The Morgan fingerprint density at radius 1 is 1.16 bits per heavy atom. The summed E-state index contributed by atoms with van der Waals surface area (Å²) in [4.78, 5) is 30.1. The zero-order chi connectivity index (χ0) is 22.1. The second kappa shape index (κ2) is 8.02. The lowest BCUT2D eigenvalue weighted by molar-refractivity contribution is 0.0699. The van der Waals surface area contributed by atoms with E-state index in [2.05, 4.69) is 25.3 Å². The second-order valence-electron chi connectivity index (χ2n) is 7.32. The molecule has 2 aromatic heterocycles. The van der Waals surface area contributed by atoms with Gasteiger partial charge in [-0.05, 0) is 30.7 Å². The van der Waals surface area contributed by atoms with Gasteiger partial charge in [0.15, 0.2) is 5.82 Å². The van der Waals surface area contributed by atoms with E-state index in [1.54, 1.807) is 23.1 Å². The summed E-state index contributed by atoms with van der Waals surface area (Å²) in [5, 5.41) is 13.3. The standard InChI is InChI=1S/C22H21FN6O2/c1-12-17(15-8-5-9-16(20(30)31)18(15)25-12)19-26-21(28-22(27-19)29(2)3)24-11-13-6-4-7-14(23)10-13/h4-10,25H,11H2,1-3H3,(H,30,31)(H,24,26,27,28). The van der Waals surface area contributed by atoms with Crippen molar-refractivity contribution in [1.82, 2.24) is 19.9 Å². The van der Waals surface area contributed by atoms with Crippen molar-refractivity contribution < 1.29 is 14.3 Å². The minimum absolute atomic E-state index is 0.179. The first-order valence-corrected chi connectivity index (χ1v) is 9.60. The van der Waals surface area contributed by atoms with E-state index in [-0.39, 0.29) is 11.4 Å². The van der Waals surface area contributed by atoms with Crippen molar-refractivity contribution in [3.8, 4) is 11.4 Å². The van der Waals surface area contributed by atoms with Crippen molar-refractivity contribution in [1.29, 1.82) is 0 Å². The molecule has 0 saturated heterocycles. The van der Waals surface area contributed by atoms with Gasteiger partial charge >= 0.3 is 5.97 Å². The predicted octanol–water partition coefficient (Wildman–Crippen LogP) is 3.84. The maximum Gasteiger partial charge on any atom is 0.337 e. The molecule has 9 heteroatoms. The highest BCUT2D eigenvalue weighted by Gasteiger charge is 2.20. The smallest absolute Gasteiger partial charge is 0.337 e. The van der Waals surface area contributed by atoms with Gasteiger partial charge in [-0.15, -0.1) is 0 Å². The Bertz CT molecular complexity index is 1280. The van der Waals surface area contributed by atoms with Crippen molar-refractivity contribution in [3.63, 3.8) is 0 Å². The number of carboxylic acid groups (broad SMARTS) is 1. The van der Waals surface area contributed by atoms with Crippen molar-refractivity contribution in [3.05, 3.63) is 65.1 Å². The van der Waals surface area contributed by atoms with Crippen molar-refractivity contribution in [2.45, 2.75) is 13.5 Å². The molecule has 158 valence electrons. The number of aryl methyl sites for hydroxylation is 1. The Morgan fingerprint density at radius 2 is 1.94 bits per heavy atom. The zero-order valence-corrected chi connectivity index (χ0v) is 17.3. The summed E-state index contributed by atoms with van der Waals surface area (Å²) in [7, 11) is 3.64. The number of para-hydroxylation sites is 1. The number of carbonyl (C=O) groups is 1. The number of hydrogen-bond donors (Lipinski definition) is 3. The first-order valence-electron chi connectivity index (χ1n) is 9.60. The molecule has 0 aliphatic carbocycles. The molecule has 0 atom stereocenters. The number of nitrogens with one attached hydrogen (secondary N) is 2. The Hall–Kier alpha value is -4.01. The summed E-state index contributed by atoms with van der Waals surface area (Å²) in [6.45, 7) is 2.18. The summed E-state index contributed by atoms with van der Waals surface area (Å²) in [5.41, 5.74) is 2.90. The first kappa shape index (κ1) is 20.3. The third kappa shape index (κ3) is 4.02. The van der Waals surface area contributed by atoms with Crippen LogP contribution in [0.15, 0.2) is 42.5 Å². The van der Waals surface area contributed by atoms with E-state index in [9.17, 15) is 14.3 Å². The number of halogens is 1. The predicted molar refractivity (Wildman–Crippen MR) is 117 cm³/mol. The largest absolute Gasteiger partial charge is 0.478 e. The number of aromatic nitrogens is 4. The lowest BCUT2D eigenvalue weighted by atomic mass is 10.1. The molecule has 0 bridgehead atoms. The lowest BCUT2D eigenvalue weighted by Gasteiger charge is -2.14. The Labute approximate surface area is 177 Å². The minimum atomic E-state index is -1.01.